The number of hydrogen-bond acceptors (Lipinski definition) is 4. The summed E-state index contributed by atoms with van der Waals surface area (Å²) in [5.41, 5.74) is 0. The average molecular weight is 311 g/mol. The quantitative estimate of drug-likeness (QED) is 0.840. The minimum Gasteiger partial charge on any atom is -0.299 e. The zero-order valence-corrected chi connectivity index (χ0v) is 12.7. The first kappa shape index (κ1) is 15.9. The Kier molecular flexibility index (Phi) is 4.93. The first-order valence-electron chi connectivity index (χ1n) is 6.81. The number of hydrogen-bond donors (Lipinski definition) is 0. The highest BCUT2D eigenvalue weighted by Crippen LogP contribution is 2.18. The van der Waals surface area contributed by atoms with Gasteiger partial charge in [-0.3, -0.25) is 4.90 Å². The van der Waals surface area contributed by atoms with Crippen LogP contribution in [0.25, 0.3) is 0 Å². The molecule has 1 aliphatic heterocycles. The molecule has 114 valence electrons. The number of benzene rings is 1. The molecule has 0 N–H and O–H groups in total. The van der Waals surface area contributed by atoms with Gasteiger partial charge in [-0.05, 0) is 31.2 Å². The molecule has 1 aromatic rings. The van der Waals surface area contributed by atoms with E-state index in [-0.39, 0.29) is 10.8 Å². The topological polar surface area (TPSA) is 64.4 Å². The van der Waals surface area contributed by atoms with Crippen LogP contribution in [0, 0.1) is 23.1 Å². The lowest BCUT2D eigenvalue weighted by atomic mass is 10.2. The number of sulfonamides is 1. The number of rotatable bonds is 4. The molecule has 1 aliphatic rings. The summed E-state index contributed by atoms with van der Waals surface area (Å²) in [5, 5.41) is 8.80. The third kappa shape index (κ3) is 3.79. The summed E-state index contributed by atoms with van der Waals surface area (Å²) < 4.78 is 39.1. The molecule has 0 spiro atoms. The highest BCUT2D eigenvalue weighted by atomic mass is 32.2. The number of nitriles is 1. The Morgan fingerprint density at radius 3 is 2.33 bits per heavy atom. The summed E-state index contributed by atoms with van der Waals surface area (Å²) in [6.07, 6.45) is 0. The van der Waals surface area contributed by atoms with Crippen molar-refractivity contribution in [2.75, 3.05) is 32.7 Å². The lowest BCUT2D eigenvalue weighted by molar-refractivity contribution is 0.178. The molecule has 1 heterocycles. The minimum atomic E-state index is -3.56. The van der Waals surface area contributed by atoms with Crippen molar-refractivity contribution in [2.45, 2.75) is 11.8 Å². The normalized spacial score (nSPS) is 19.1. The van der Waals surface area contributed by atoms with Crippen LogP contribution in [0.4, 0.5) is 4.39 Å². The molecule has 1 atom stereocenters. The molecule has 21 heavy (non-hydrogen) atoms. The monoisotopic (exact) mass is 311 g/mol. The predicted molar refractivity (Wildman–Crippen MR) is 76.4 cm³/mol. The Bertz CT molecular complexity index is 617. The van der Waals surface area contributed by atoms with Crippen LogP contribution in [0.1, 0.15) is 6.92 Å². The fraction of sp³-hybridized carbons (Fsp3) is 0.500. The zero-order chi connectivity index (χ0) is 15.5. The SMILES string of the molecule is C[C@H](C#N)CN1CCN(S(=O)(=O)c2ccc(F)cc2)CC1. The van der Waals surface area contributed by atoms with Gasteiger partial charge in [0.15, 0.2) is 0 Å². The third-order valence-corrected chi connectivity index (χ3v) is 5.45. The van der Waals surface area contributed by atoms with Crippen LogP contribution < -0.4 is 0 Å². The molecule has 0 radical (unpaired) electrons. The van der Waals surface area contributed by atoms with Crippen LogP contribution in [0.5, 0.6) is 0 Å². The fourth-order valence-corrected chi connectivity index (χ4v) is 3.76. The molecule has 2 rings (SSSR count). The van der Waals surface area contributed by atoms with Gasteiger partial charge in [-0.1, -0.05) is 0 Å². The zero-order valence-electron chi connectivity index (χ0n) is 11.9. The smallest absolute Gasteiger partial charge is 0.243 e. The lowest BCUT2D eigenvalue weighted by Gasteiger charge is -2.34. The van der Waals surface area contributed by atoms with Gasteiger partial charge >= 0.3 is 0 Å². The van der Waals surface area contributed by atoms with Crippen molar-refractivity contribution in [3.63, 3.8) is 0 Å². The molecular weight excluding hydrogens is 293 g/mol. The summed E-state index contributed by atoms with van der Waals surface area (Å²) in [6.45, 7) is 4.48. The van der Waals surface area contributed by atoms with Gasteiger partial charge in [-0.25, -0.2) is 12.8 Å². The maximum Gasteiger partial charge on any atom is 0.243 e. The average Bonchev–Trinajstić information content (AvgIpc) is 2.48. The molecule has 1 saturated heterocycles. The second-order valence-electron chi connectivity index (χ2n) is 5.19. The van der Waals surface area contributed by atoms with Gasteiger partial charge in [0, 0.05) is 32.7 Å². The lowest BCUT2D eigenvalue weighted by Crippen LogP contribution is -2.49. The minimum absolute atomic E-state index is 0.0646. The fourth-order valence-electron chi connectivity index (χ4n) is 2.34. The molecule has 0 aromatic heterocycles. The summed E-state index contributed by atoms with van der Waals surface area (Å²) >= 11 is 0. The Morgan fingerprint density at radius 2 is 1.81 bits per heavy atom. The van der Waals surface area contributed by atoms with E-state index in [1.165, 1.54) is 16.4 Å². The number of halogens is 1. The van der Waals surface area contributed by atoms with Crippen LogP contribution >= 0.6 is 0 Å². The third-order valence-electron chi connectivity index (χ3n) is 3.54. The van der Waals surface area contributed by atoms with Crippen molar-refractivity contribution in [1.82, 2.24) is 9.21 Å². The van der Waals surface area contributed by atoms with Gasteiger partial charge in [0.25, 0.3) is 0 Å². The molecule has 0 saturated carbocycles. The van der Waals surface area contributed by atoms with Crippen molar-refractivity contribution in [3.05, 3.63) is 30.1 Å². The summed E-state index contributed by atoms with van der Waals surface area (Å²) in [4.78, 5) is 2.20. The van der Waals surface area contributed by atoms with Gasteiger partial charge in [-0.15, -0.1) is 0 Å². The van der Waals surface area contributed by atoms with E-state index in [9.17, 15) is 12.8 Å². The van der Waals surface area contributed by atoms with Crippen molar-refractivity contribution >= 4 is 10.0 Å². The van der Waals surface area contributed by atoms with E-state index >= 15 is 0 Å². The standard InChI is InChI=1S/C14H18FN3O2S/c1-12(10-16)11-17-6-8-18(9-7-17)21(19,20)14-4-2-13(15)3-5-14/h2-5,12H,6-9,11H2,1H3/t12-/m1/s1. The second kappa shape index (κ2) is 6.52. The van der Waals surface area contributed by atoms with Gasteiger partial charge in [-0.2, -0.15) is 9.57 Å². The number of piperazine rings is 1. The first-order valence-corrected chi connectivity index (χ1v) is 8.25. The van der Waals surface area contributed by atoms with Crippen molar-refractivity contribution in [3.8, 4) is 6.07 Å². The molecule has 1 aromatic carbocycles. The highest BCUT2D eigenvalue weighted by Gasteiger charge is 2.28. The van der Waals surface area contributed by atoms with Crippen molar-refractivity contribution in [2.24, 2.45) is 5.92 Å². The molecule has 5 nitrogen and oxygen atoms in total. The Hall–Kier alpha value is -1.49. The Labute approximate surface area is 124 Å². The maximum absolute atomic E-state index is 12.9. The maximum atomic E-state index is 12.9. The van der Waals surface area contributed by atoms with E-state index in [1.807, 2.05) is 6.92 Å². The van der Waals surface area contributed by atoms with Crippen molar-refractivity contribution in [1.29, 1.82) is 5.26 Å². The molecule has 0 amide bonds. The van der Waals surface area contributed by atoms with Crippen LogP contribution in [0.2, 0.25) is 0 Å². The summed E-state index contributed by atoms with van der Waals surface area (Å²) in [5.74, 6) is -0.519. The molecule has 0 bridgehead atoms. The predicted octanol–water partition coefficient (Wildman–Crippen LogP) is 1.29. The molecular formula is C14H18FN3O2S. The van der Waals surface area contributed by atoms with E-state index in [0.717, 1.165) is 12.1 Å². The van der Waals surface area contributed by atoms with Crippen LogP contribution in [0.15, 0.2) is 29.2 Å². The van der Waals surface area contributed by atoms with E-state index in [0.29, 0.717) is 32.7 Å². The van der Waals surface area contributed by atoms with Gasteiger partial charge in [0.1, 0.15) is 5.82 Å². The van der Waals surface area contributed by atoms with Gasteiger partial charge in [0.2, 0.25) is 10.0 Å². The van der Waals surface area contributed by atoms with Crippen LogP contribution in [-0.2, 0) is 10.0 Å². The van der Waals surface area contributed by atoms with Crippen molar-refractivity contribution < 1.29 is 12.8 Å². The first-order chi connectivity index (χ1) is 9.93. The summed E-state index contributed by atoms with van der Waals surface area (Å²) in [6, 6.07) is 7.05. The largest absolute Gasteiger partial charge is 0.299 e. The van der Waals surface area contributed by atoms with Gasteiger partial charge in [0.05, 0.1) is 16.9 Å². The van der Waals surface area contributed by atoms with E-state index < -0.39 is 15.8 Å². The highest BCUT2D eigenvalue weighted by molar-refractivity contribution is 7.89. The van der Waals surface area contributed by atoms with E-state index in [1.54, 1.807) is 0 Å². The molecule has 1 fully saturated rings. The Morgan fingerprint density at radius 1 is 1.24 bits per heavy atom. The van der Waals surface area contributed by atoms with Crippen LogP contribution in [-0.4, -0.2) is 50.3 Å². The Balaban J connectivity index is 2.01. The van der Waals surface area contributed by atoms with E-state index in [2.05, 4.69) is 11.0 Å². The molecule has 7 heteroatoms. The van der Waals surface area contributed by atoms with Crippen LogP contribution in [0.3, 0.4) is 0 Å². The van der Waals surface area contributed by atoms with E-state index in [4.69, 9.17) is 5.26 Å². The second-order valence-corrected chi connectivity index (χ2v) is 7.13. The summed E-state index contributed by atoms with van der Waals surface area (Å²) in [7, 11) is -3.56. The molecule has 0 unspecified atom stereocenters. The van der Waals surface area contributed by atoms with Gasteiger partial charge < -0.3 is 0 Å². The molecule has 0 aliphatic carbocycles. The number of nitrogens with zero attached hydrogens (tertiary/aromatic N) is 3.